The minimum absolute atomic E-state index is 0.292. The van der Waals surface area contributed by atoms with Crippen molar-refractivity contribution in [3.63, 3.8) is 0 Å². The average molecular weight is 254 g/mol. The van der Waals surface area contributed by atoms with E-state index >= 15 is 0 Å². The van der Waals surface area contributed by atoms with E-state index in [1.165, 1.54) is 6.07 Å². The second-order valence-electron chi connectivity index (χ2n) is 4.91. The molecule has 1 saturated heterocycles. The molecule has 1 fully saturated rings. The summed E-state index contributed by atoms with van der Waals surface area (Å²) in [6, 6.07) is 5.85. The smallest absolute Gasteiger partial charge is 0.128 e. The Morgan fingerprint density at radius 1 is 1.28 bits per heavy atom. The fourth-order valence-corrected chi connectivity index (χ4v) is 2.55. The Hall–Kier alpha value is -1.01. The van der Waals surface area contributed by atoms with Gasteiger partial charge in [0.1, 0.15) is 5.82 Å². The molecule has 1 heterocycles. The Bertz CT molecular complexity index is 404. The maximum absolute atomic E-state index is 13.8. The van der Waals surface area contributed by atoms with Gasteiger partial charge in [-0.05, 0) is 13.0 Å². The summed E-state index contributed by atoms with van der Waals surface area (Å²) in [5.41, 5.74) is 6.44. The molecule has 0 bridgehead atoms. The highest BCUT2D eigenvalue weighted by atomic mass is 19.1. The Morgan fingerprint density at radius 2 is 1.83 bits per heavy atom. The zero-order valence-electron chi connectivity index (χ0n) is 10.3. The molecule has 0 spiro atoms. The first-order valence-corrected chi connectivity index (χ1v) is 6.11. The standard InChI is InChI=1S/C13H19FN2O2/c1-8(15)13(9-4-2-3-5-10(9)14)16-6-11(17)12(18)7-16/h2-5,8,11-13,17-18H,6-7,15H2,1H3. The third-order valence-corrected chi connectivity index (χ3v) is 3.40. The van der Waals surface area contributed by atoms with Crippen LogP contribution in [0.1, 0.15) is 18.5 Å². The van der Waals surface area contributed by atoms with Crippen molar-refractivity contribution < 1.29 is 14.6 Å². The largest absolute Gasteiger partial charge is 0.389 e. The third-order valence-electron chi connectivity index (χ3n) is 3.40. The van der Waals surface area contributed by atoms with Crippen LogP contribution in [-0.2, 0) is 0 Å². The molecule has 4 N–H and O–H groups in total. The van der Waals surface area contributed by atoms with E-state index in [4.69, 9.17) is 5.73 Å². The van der Waals surface area contributed by atoms with Crippen molar-refractivity contribution in [3.8, 4) is 0 Å². The summed E-state index contributed by atoms with van der Waals surface area (Å²) < 4.78 is 13.8. The molecule has 1 aromatic carbocycles. The highest BCUT2D eigenvalue weighted by molar-refractivity contribution is 5.23. The molecule has 1 aliphatic heterocycles. The lowest BCUT2D eigenvalue weighted by molar-refractivity contribution is 0.0572. The van der Waals surface area contributed by atoms with E-state index in [-0.39, 0.29) is 17.9 Å². The lowest BCUT2D eigenvalue weighted by Crippen LogP contribution is -2.39. The summed E-state index contributed by atoms with van der Waals surface area (Å²) in [4.78, 5) is 1.83. The normalized spacial score (nSPS) is 28.3. The highest BCUT2D eigenvalue weighted by Crippen LogP contribution is 2.29. The highest BCUT2D eigenvalue weighted by Gasteiger charge is 2.36. The van der Waals surface area contributed by atoms with Crippen LogP contribution in [0.25, 0.3) is 0 Å². The maximum atomic E-state index is 13.8. The third kappa shape index (κ3) is 2.54. The SMILES string of the molecule is CC(N)C(c1ccccc1F)N1CC(O)C(O)C1. The first-order chi connectivity index (χ1) is 8.50. The van der Waals surface area contributed by atoms with Crippen LogP contribution in [0.4, 0.5) is 4.39 Å². The van der Waals surface area contributed by atoms with Crippen molar-refractivity contribution in [2.24, 2.45) is 5.73 Å². The van der Waals surface area contributed by atoms with Crippen molar-refractivity contribution in [1.29, 1.82) is 0 Å². The van der Waals surface area contributed by atoms with Crippen LogP contribution in [0.3, 0.4) is 0 Å². The van der Waals surface area contributed by atoms with Crippen LogP contribution >= 0.6 is 0 Å². The number of likely N-dealkylation sites (tertiary alicyclic amines) is 1. The predicted octanol–water partition coefficient (Wildman–Crippen LogP) is 0.251. The summed E-state index contributed by atoms with van der Waals surface area (Å²) >= 11 is 0. The van der Waals surface area contributed by atoms with Gasteiger partial charge in [-0.2, -0.15) is 0 Å². The average Bonchev–Trinajstić information content (AvgIpc) is 2.61. The Labute approximate surface area is 106 Å². The first-order valence-electron chi connectivity index (χ1n) is 6.11. The van der Waals surface area contributed by atoms with Crippen LogP contribution in [0.15, 0.2) is 24.3 Å². The van der Waals surface area contributed by atoms with E-state index in [0.29, 0.717) is 18.7 Å². The van der Waals surface area contributed by atoms with E-state index < -0.39 is 12.2 Å². The molecule has 0 aromatic heterocycles. The molecule has 2 rings (SSSR count). The Balaban J connectivity index is 2.27. The molecular formula is C13H19FN2O2. The van der Waals surface area contributed by atoms with Crippen LogP contribution in [-0.4, -0.2) is 46.5 Å². The number of rotatable bonds is 3. The molecule has 0 saturated carbocycles. The van der Waals surface area contributed by atoms with Crippen LogP contribution in [0.5, 0.6) is 0 Å². The summed E-state index contributed by atoms with van der Waals surface area (Å²) in [5, 5.41) is 19.2. The number of benzene rings is 1. The fraction of sp³-hybridized carbons (Fsp3) is 0.538. The van der Waals surface area contributed by atoms with Crippen molar-refractivity contribution >= 4 is 0 Å². The van der Waals surface area contributed by atoms with Gasteiger partial charge in [-0.15, -0.1) is 0 Å². The van der Waals surface area contributed by atoms with Gasteiger partial charge in [0, 0.05) is 24.7 Å². The van der Waals surface area contributed by atoms with Gasteiger partial charge in [0.2, 0.25) is 0 Å². The predicted molar refractivity (Wildman–Crippen MR) is 66.4 cm³/mol. The molecule has 0 radical (unpaired) electrons. The van der Waals surface area contributed by atoms with Gasteiger partial charge in [0.15, 0.2) is 0 Å². The molecule has 4 nitrogen and oxygen atoms in total. The van der Waals surface area contributed by atoms with Crippen LogP contribution < -0.4 is 5.73 Å². The zero-order valence-corrected chi connectivity index (χ0v) is 10.3. The molecule has 0 aliphatic carbocycles. The number of hydrogen-bond acceptors (Lipinski definition) is 4. The Kier molecular flexibility index (Phi) is 3.97. The minimum atomic E-state index is -0.793. The van der Waals surface area contributed by atoms with Gasteiger partial charge in [-0.1, -0.05) is 18.2 Å². The molecule has 0 amide bonds. The topological polar surface area (TPSA) is 69.7 Å². The molecule has 4 unspecified atom stereocenters. The van der Waals surface area contributed by atoms with Crippen molar-refractivity contribution in [1.82, 2.24) is 4.90 Å². The number of aliphatic hydroxyl groups is 2. The number of nitrogens with two attached hydrogens (primary N) is 1. The van der Waals surface area contributed by atoms with Crippen molar-refractivity contribution in [2.75, 3.05) is 13.1 Å². The van der Waals surface area contributed by atoms with Gasteiger partial charge in [0.25, 0.3) is 0 Å². The van der Waals surface area contributed by atoms with Crippen LogP contribution in [0, 0.1) is 5.82 Å². The number of aliphatic hydroxyl groups excluding tert-OH is 2. The van der Waals surface area contributed by atoms with E-state index in [1.807, 2.05) is 4.90 Å². The van der Waals surface area contributed by atoms with E-state index in [2.05, 4.69) is 0 Å². The van der Waals surface area contributed by atoms with Gasteiger partial charge in [-0.3, -0.25) is 4.90 Å². The molecule has 4 atom stereocenters. The first kappa shape index (κ1) is 13.4. The van der Waals surface area contributed by atoms with Gasteiger partial charge >= 0.3 is 0 Å². The number of hydrogen-bond donors (Lipinski definition) is 3. The van der Waals surface area contributed by atoms with Gasteiger partial charge in [-0.25, -0.2) is 4.39 Å². The van der Waals surface area contributed by atoms with Crippen molar-refractivity contribution in [2.45, 2.75) is 31.2 Å². The van der Waals surface area contributed by atoms with E-state index in [1.54, 1.807) is 25.1 Å². The van der Waals surface area contributed by atoms with E-state index in [0.717, 1.165) is 0 Å². The minimum Gasteiger partial charge on any atom is -0.389 e. The second kappa shape index (κ2) is 5.32. The molecular weight excluding hydrogens is 235 g/mol. The molecule has 1 aromatic rings. The zero-order chi connectivity index (χ0) is 13.3. The van der Waals surface area contributed by atoms with E-state index in [9.17, 15) is 14.6 Å². The maximum Gasteiger partial charge on any atom is 0.128 e. The lowest BCUT2D eigenvalue weighted by Gasteiger charge is -2.31. The molecule has 1 aliphatic rings. The molecule has 100 valence electrons. The van der Waals surface area contributed by atoms with Crippen molar-refractivity contribution in [3.05, 3.63) is 35.6 Å². The monoisotopic (exact) mass is 254 g/mol. The fourth-order valence-electron chi connectivity index (χ4n) is 2.55. The number of nitrogens with zero attached hydrogens (tertiary/aromatic N) is 1. The summed E-state index contributed by atoms with van der Waals surface area (Å²) in [6.07, 6.45) is -1.59. The summed E-state index contributed by atoms with van der Waals surface area (Å²) in [7, 11) is 0. The summed E-state index contributed by atoms with van der Waals surface area (Å²) in [6.45, 7) is 2.41. The summed E-state index contributed by atoms with van der Waals surface area (Å²) in [5.74, 6) is -0.310. The quantitative estimate of drug-likeness (QED) is 0.723. The lowest BCUT2D eigenvalue weighted by atomic mass is 9.99. The van der Waals surface area contributed by atoms with Gasteiger partial charge < -0.3 is 15.9 Å². The number of halogens is 1. The second-order valence-corrected chi connectivity index (χ2v) is 4.91. The van der Waals surface area contributed by atoms with Crippen LogP contribution in [0.2, 0.25) is 0 Å². The Morgan fingerprint density at radius 3 is 2.33 bits per heavy atom. The molecule has 5 heteroatoms. The van der Waals surface area contributed by atoms with Gasteiger partial charge in [0.05, 0.1) is 18.2 Å². The number of β-amino-alcohol motifs (C(OH)–C–C–N with tert-alkyl or cyclic N) is 2. The molecule has 18 heavy (non-hydrogen) atoms.